The molecule has 0 bridgehead atoms. The summed E-state index contributed by atoms with van der Waals surface area (Å²) in [5.41, 5.74) is 3.04. The maximum atomic E-state index is 12.9. The summed E-state index contributed by atoms with van der Waals surface area (Å²) in [6, 6.07) is 17.7. The van der Waals surface area contributed by atoms with Gasteiger partial charge in [0.05, 0.1) is 22.9 Å². The van der Waals surface area contributed by atoms with Crippen LogP contribution in [0.3, 0.4) is 0 Å². The number of aromatic nitrogens is 2. The van der Waals surface area contributed by atoms with E-state index >= 15 is 0 Å². The number of imidazole rings is 1. The Bertz CT molecular complexity index is 1310. The second-order valence-electron chi connectivity index (χ2n) is 6.84. The second kappa shape index (κ2) is 7.17. The summed E-state index contributed by atoms with van der Waals surface area (Å²) in [5, 5.41) is 0. The largest absolute Gasteiger partial charge is 0.416 e. The molecule has 4 aromatic rings. The summed E-state index contributed by atoms with van der Waals surface area (Å²) < 4.78 is 63.6. The van der Waals surface area contributed by atoms with Gasteiger partial charge in [0.1, 0.15) is 5.82 Å². The Morgan fingerprint density at radius 2 is 1.43 bits per heavy atom. The van der Waals surface area contributed by atoms with Gasteiger partial charge >= 0.3 is 6.18 Å². The number of H-pyrrole nitrogens is 1. The van der Waals surface area contributed by atoms with Gasteiger partial charge in [-0.1, -0.05) is 36.4 Å². The van der Waals surface area contributed by atoms with E-state index in [0.29, 0.717) is 22.5 Å². The first kappa shape index (κ1) is 20.0. The van der Waals surface area contributed by atoms with Gasteiger partial charge in [-0.3, -0.25) is 4.72 Å². The zero-order valence-corrected chi connectivity index (χ0v) is 16.5. The van der Waals surface area contributed by atoms with Crippen molar-refractivity contribution in [2.75, 3.05) is 11.0 Å². The van der Waals surface area contributed by atoms with Crippen molar-refractivity contribution in [1.29, 1.82) is 0 Å². The molecule has 0 saturated heterocycles. The number of hydrogen-bond acceptors (Lipinski definition) is 3. The number of halogens is 3. The summed E-state index contributed by atoms with van der Waals surface area (Å²) in [6.07, 6.45) is -3.32. The zero-order valence-electron chi connectivity index (χ0n) is 15.7. The van der Waals surface area contributed by atoms with Crippen molar-refractivity contribution >= 4 is 26.7 Å². The lowest BCUT2D eigenvalue weighted by atomic mass is 10.0. The molecule has 154 valence electrons. The number of anilines is 1. The van der Waals surface area contributed by atoms with Crippen molar-refractivity contribution in [3.05, 3.63) is 72.3 Å². The Kier molecular flexibility index (Phi) is 4.77. The highest BCUT2D eigenvalue weighted by atomic mass is 32.2. The van der Waals surface area contributed by atoms with Crippen LogP contribution in [0, 0.1) is 0 Å². The molecule has 0 amide bonds. The molecule has 0 aliphatic rings. The van der Waals surface area contributed by atoms with Gasteiger partial charge in [-0.2, -0.15) is 13.2 Å². The van der Waals surface area contributed by atoms with Crippen LogP contribution < -0.4 is 4.72 Å². The minimum absolute atomic E-state index is 0.317. The number of sulfonamides is 1. The minimum Gasteiger partial charge on any atom is -0.338 e. The van der Waals surface area contributed by atoms with E-state index < -0.39 is 21.8 Å². The van der Waals surface area contributed by atoms with Crippen molar-refractivity contribution < 1.29 is 21.6 Å². The highest BCUT2D eigenvalue weighted by molar-refractivity contribution is 7.92. The van der Waals surface area contributed by atoms with Crippen LogP contribution in [0.1, 0.15) is 5.56 Å². The Morgan fingerprint density at radius 3 is 2.00 bits per heavy atom. The first-order valence-electron chi connectivity index (χ1n) is 8.84. The molecular weight excluding hydrogens is 415 g/mol. The molecular formula is C21H16F3N3O2S. The van der Waals surface area contributed by atoms with Crippen molar-refractivity contribution in [3.63, 3.8) is 0 Å². The van der Waals surface area contributed by atoms with Crippen molar-refractivity contribution in [3.8, 4) is 22.5 Å². The van der Waals surface area contributed by atoms with Gasteiger partial charge in [0.2, 0.25) is 10.0 Å². The number of aromatic amines is 1. The average molecular weight is 431 g/mol. The van der Waals surface area contributed by atoms with Gasteiger partial charge in [-0.05, 0) is 41.5 Å². The number of hydrogen-bond donors (Lipinski definition) is 2. The minimum atomic E-state index is -4.41. The lowest BCUT2D eigenvalue weighted by molar-refractivity contribution is -0.137. The molecule has 0 fully saturated rings. The molecule has 5 nitrogen and oxygen atoms in total. The van der Waals surface area contributed by atoms with Crippen LogP contribution in [-0.2, 0) is 16.2 Å². The van der Waals surface area contributed by atoms with Crippen LogP contribution in [0.4, 0.5) is 18.9 Å². The Morgan fingerprint density at radius 1 is 0.867 bits per heavy atom. The number of rotatable bonds is 4. The number of alkyl halides is 3. The van der Waals surface area contributed by atoms with Crippen LogP contribution in [-0.4, -0.2) is 24.6 Å². The summed E-state index contributed by atoms with van der Waals surface area (Å²) in [6.45, 7) is 0. The molecule has 0 unspecified atom stereocenters. The summed E-state index contributed by atoms with van der Waals surface area (Å²) in [5.74, 6) is 0.476. The molecule has 4 rings (SSSR count). The van der Waals surface area contributed by atoms with E-state index in [2.05, 4.69) is 14.7 Å². The molecule has 2 N–H and O–H groups in total. The van der Waals surface area contributed by atoms with Gasteiger partial charge in [0.15, 0.2) is 0 Å². The lowest BCUT2D eigenvalue weighted by Crippen LogP contribution is -2.09. The first-order chi connectivity index (χ1) is 14.1. The summed E-state index contributed by atoms with van der Waals surface area (Å²) >= 11 is 0. The zero-order chi connectivity index (χ0) is 21.5. The van der Waals surface area contributed by atoms with E-state index in [1.165, 1.54) is 6.07 Å². The van der Waals surface area contributed by atoms with Gasteiger partial charge in [-0.25, -0.2) is 13.4 Å². The van der Waals surface area contributed by atoms with Crippen molar-refractivity contribution in [2.45, 2.75) is 6.18 Å². The highest BCUT2D eigenvalue weighted by Gasteiger charge is 2.30. The summed E-state index contributed by atoms with van der Waals surface area (Å²) in [4.78, 5) is 7.30. The van der Waals surface area contributed by atoms with Crippen LogP contribution in [0.15, 0.2) is 66.7 Å². The van der Waals surface area contributed by atoms with Gasteiger partial charge in [0, 0.05) is 11.3 Å². The molecule has 1 aromatic heterocycles. The Balaban J connectivity index is 1.59. The third kappa shape index (κ3) is 4.30. The number of benzene rings is 3. The molecule has 0 atom stereocenters. The van der Waals surface area contributed by atoms with Crippen LogP contribution >= 0.6 is 0 Å². The SMILES string of the molecule is CS(=O)(=O)Nc1ccc(-c2ccc(-c3nc4ccc(C(F)(F)F)cc4[nH]3)cc2)cc1. The van der Waals surface area contributed by atoms with Crippen LogP contribution in [0.5, 0.6) is 0 Å². The highest BCUT2D eigenvalue weighted by Crippen LogP contribution is 2.32. The lowest BCUT2D eigenvalue weighted by Gasteiger charge is -2.06. The molecule has 0 saturated carbocycles. The van der Waals surface area contributed by atoms with Gasteiger partial charge in [0.25, 0.3) is 0 Å². The fraction of sp³-hybridized carbons (Fsp3) is 0.0952. The predicted octanol–water partition coefficient (Wildman–Crippen LogP) is 5.29. The number of nitrogens with one attached hydrogen (secondary N) is 2. The van der Waals surface area contributed by atoms with E-state index in [0.717, 1.165) is 35.1 Å². The molecule has 0 radical (unpaired) electrons. The van der Waals surface area contributed by atoms with E-state index in [1.807, 2.05) is 24.3 Å². The fourth-order valence-corrected chi connectivity index (χ4v) is 3.65. The molecule has 0 aliphatic carbocycles. The molecule has 0 aliphatic heterocycles. The molecule has 1 heterocycles. The molecule has 3 aromatic carbocycles. The second-order valence-corrected chi connectivity index (χ2v) is 8.59. The number of nitrogens with zero attached hydrogens (tertiary/aromatic N) is 1. The maximum absolute atomic E-state index is 12.9. The third-order valence-corrected chi connectivity index (χ3v) is 5.10. The number of fused-ring (bicyclic) bond motifs is 1. The topological polar surface area (TPSA) is 74.8 Å². The quantitative estimate of drug-likeness (QED) is 0.461. The molecule has 30 heavy (non-hydrogen) atoms. The van der Waals surface area contributed by atoms with Gasteiger partial charge < -0.3 is 4.98 Å². The van der Waals surface area contributed by atoms with Crippen molar-refractivity contribution in [2.24, 2.45) is 0 Å². The smallest absolute Gasteiger partial charge is 0.338 e. The van der Waals surface area contributed by atoms with E-state index in [1.54, 1.807) is 24.3 Å². The van der Waals surface area contributed by atoms with E-state index in [-0.39, 0.29) is 0 Å². The monoisotopic (exact) mass is 431 g/mol. The summed E-state index contributed by atoms with van der Waals surface area (Å²) in [7, 11) is -3.34. The van der Waals surface area contributed by atoms with E-state index in [9.17, 15) is 21.6 Å². The normalized spacial score (nSPS) is 12.3. The first-order valence-corrected chi connectivity index (χ1v) is 10.7. The van der Waals surface area contributed by atoms with E-state index in [4.69, 9.17) is 0 Å². The Hall–Kier alpha value is -3.33. The van der Waals surface area contributed by atoms with Crippen LogP contribution in [0.25, 0.3) is 33.5 Å². The molecule has 9 heteroatoms. The van der Waals surface area contributed by atoms with Gasteiger partial charge in [-0.15, -0.1) is 0 Å². The fourth-order valence-electron chi connectivity index (χ4n) is 3.09. The maximum Gasteiger partial charge on any atom is 0.416 e. The predicted molar refractivity (Wildman–Crippen MR) is 110 cm³/mol. The van der Waals surface area contributed by atoms with Crippen molar-refractivity contribution in [1.82, 2.24) is 9.97 Å². The standard InChI is InChI=1S/C21H16F3N3O2S/c1-30(28,29)27-17-9-6-14(7-10-17)13-2-4-15(5-3-13)20-25-18-11-8-16(21(22,23)24)12-19(18)26-20/h2-12,27H,1H3,(H,25,26). The Labute approximate surface area is 170 Å². The third-order valence-electron chi connectivity index (χ3n) is 4.49. The average Bonchev–Trinajstić information content (AvgIpc) is 3.10. The molecule has 0 spiro atoms. The van der Waals surface area contributed by atoms with Crippen LogP contribution in [0.2, 0.25) is 0 Å².